The van der Waals surface area contributed by atoms with Crippen molar-refractivity contribution in [1.82, 2.24) is 5.43 Å². The highest BCUT2D eigenvalue weighted by atomic mass is 16.3. The molecule has 2 amide bonds. The van der Waals surface area contributed by atoms with E-state index in [9.17, 15) is 14.7 Å². The number of nitrogens with one attached hydrogen (secondary N) is 1. The first-order valence-electron chi connectivity index (χ1n) is 9.70. The van der Waals surface area contributed by atoms with Gasteiger partial charge < -0.3 is 5.11 Å². The van der Waals surface area contributed by atoms with Crippen LogP contribution in [0.5, 0.6) is 5.75 Å². The first-order valence-corrected chi connectivity index (χ1v) is 9.70. The molecular formula is C24H28N2O3. The molecule has 1 fully saturated rings. The van der Waals surface area contributed by atoms with Crippen molar-refractivity contribution in [3.8, 4) is 5.75 Å². The molecule has 0 atom stereocenters. The molecule has 5 heteroatoms. The van der Waals surface area contributed by atoms with E-state index >= 15 is 0 Å². The first kappa shape index (κ1) is 20.6. The number of para-hydroxylation sites is 1. The number of rotatable bonds is 2. The molecule has 0 spiro atoms. The Morgan fingerprint density at radius 1 is 0.897 bits per heavy atom. The molecule has 0 aromatic heterocycles. The van der Waals surface area contributed by atoms with Gasteiger partial charge in [0.05, 0.1) is 5.69 Å². The van der Waals surface area contributed by atoms with Gasteiger partial charge in [0.2, 0.25) is 0 Å². The summed E-state index contributed by atoms with van der Waals surface area (Å²) in [5.74, 6) is -0.578. The third-order valence-electron chi connectivity index (χ3n) is 4.97. The minimum atomic E-state index is -0.443. The van der Waals surface area contributed by atoms with E-state index < -0.39 is 11.8 Å². The van der Waals surface area contributed by atoms with E-state index in [4.69, 9.17) is 0 Å². The van der Waals surface area contributed by atoms with E-state index in [2.05, 4.69) is 5.43 Å². The summed E-state index contributed by atoms with van der Waals surface area (Å²) in [5.41, 5.74) is 4.97. The summed E-state index contributed by atoms with van der Waals surface area (Å²) in [6.07, 6.45) is 1.60. The summed E-state index contributed by atoms with van der Waals surface area (Å²) >= 11 is 0. The predicted octanol–water partition coefficient (Wildman–Crippen LogP) is 4.45. The maximum atomic E-state index is 12.9. The van der Waals surface area contributed by atoms with Crippen molar-refractivity contribution >= 4 is 23.6 Å². The number of carbonyl (C=O) groups excluding carboxylic acids is 2. The molecule has 1 heterocycles. The monoisotopic (exact) mass is 392 g/mol. The zero-order chi connectivity index (χ0) is 21.6. The summed E-state index contributed by atoms with van der Waals surface area (Å²) in [6.45, 7) is 12.1. The summed E-state index contributed by atoms with van der Waals surface area (Å²) in [4.78, 5) is 25.4. The molecule has 0 saturated carbocycles. The van der Waals surface area contributed by atoms with E-state index in [1.165, 1.54) is 5.01 Å². The lowest BCUT2D eigenvalue weighted by Crippen LogP contribution is -2.35. The van der Waals surface area contributed by atoms with Crippen LogP contribution in [0.2, 0.25) is 0 Å². The smallest absolute Gasteiger partial charge is 0.282 e. The van der Waals surface area contributed by atoms with Crippen LogP contribution in [0.3, 0.4) is 0 Å². The summed E-state index contributed by atoms with van der Waals surface area (Å²) in [5, 5.41) is 12.1. The predicted molar refractivity (Wildman–Crippen MR) is 116 cm³/mol. The Morgan fingerprint density at radius 3 is 1.90 bits per heavy atom. The van der Waals surface area contributed by atoms with Crippen molar-refractivity contribution in [2.75, 3.05) is 5.01 Å². The van der Waals surface area contributed by atoms with Crippen LogP contribution in [0, 0.1) is 0 Å². The van der Waals surface area contributed by atoms with Gasteiger partial charge in [-0.1, -0.05) is 59.7 Å². The number of anilines is 1. The molecule has 3 rings (SSSR count). The van der Waals surface area contributed by atoms with Gasteiger partial charge in [-0.2, -0.15) is 0 Å². The molecule has 0 aliphatic carbocycles. The fourth-order valence-corrected chi connectivity index (χ4v) is 3.37. The van der Waals surface area contributed by atoms with Gasteiger partial charge in [-0.3, -0.25) is 15.0 Å². The molecule has 5 nitrogen and oxygen atoms in total. The molecular weight excluding hydrogens is 364 g/mol. The Hall–Kier alpha value is -3.08. The van der Waals surface area contributed by atoms with Crippen LogP contribution in [0.15, 0.2) is 48.0 Å². The second kappa shape index (κ2) is 7.07. The Labute approximate surface area is 172 Å². The molecule has 2 aromatic rings. The topological polar surface area (TPSA) is 69.6 Å². The molecule has 2 aromatic carbocycles. The Balaban J connectivity index is 2.10. The lowest BCUT2D eigenvalue weighted by atomic mass is 9.78. The number of aromatic hydroxyl groups is 1. The maximum absolute atomic E-state index is 12.9. The zero-order valence-electron chi connectivity index (χ0n) is 17.8. The highest BCUT2D eigenvalue weighted by Crippen LogP contribution is 2.40. The van der Waals surface area contributed by atoms with Crippen LogP contribution in [0.1, 0.15) is 58.2 Å². The average molecular weight is 392 g/mol. The van der Waals surface area contributed by atoms with Gasteiger partial charge in [0.1, 0.15) is 11.3 Å². The molecule has 0 bridgehead atoms. The van der Waals surface area contributed by atoms with E-state index in [1.807, 2.05) is 71.9 Å². The molecule has 152 valence electrons. The first-order chi connectivity index (χ1) is 13.4. The number of hydrogen-bond acceptors (Lipinski definition) is 3. The number of hydrogen-bond donors (Lipinski definition) is 2. The van der Waals surface area contributed by atoms with Crippen LogP contribution in [-0.2, 0) is 20.4 Å². The number of hydrazine groups is 1. The lowest BCUT2D eigenvalue weighted by Gasteiger charge is -2.28. The fraction of sp³-hybridized carbons (Fsp3) is 0.333. The molecule has 29 heavy (non-hydrogen) atoms. The molecule has 2 N–H and O–H groups in total. The van der Waals surface area contributed by atoms with Crippen molar-refractivity contribution in [2.45, 2.75) is 52.4 Å². The van der Waals surface area contributed by atoms with E-state index in [0.717, 1.165) is 11.1 Å². The van der Waals surface area contributed by atoms with Crippen LogP contribution in [-0.4, -0.2) is 16.9 Å². The quantitative estimate of drug-likeness (QED) is 0.586. The van der Waals surface area contributed by atoms with Crippen molar-refractivity contribution in [1.29, 1.82) is 0 Å². The van der Waals surface area contributed by atoms with Crippen molar-refractivity contribution in [3.63, 3.8) is 0 Å². The Bertz CT molecular complexity index is 958. The number of benzene rings is 2. The normalized spacial score (nSPS) is 16.5. The second-order valence-corrected chi connectivity index (χ2v) is 9.44. The molecule has 1 aliphatic heterocycles. The number of amides is 2. The zero-order valence-corrected chi connectivity index (χ0v) is 17.8. The third-order valence-corrected chi connectivity index (χ3v) is 4.97. The average Bonchev–Trinajstić information content (AvgIpc) is 2.90. The molecule has 0 radical (unpaired) electrons. The minimum absolute atomic E-state index is 0.0688. The Morgan fingerprint density at radius 2 is 1.41 bits per heavy atom. The van der Waals surface area contributed by atoms with Gasteiger partial charge in [0.15, 0.2) is 0 Å². The number of carbonyl (C=O) groups is 2. The van der Waals surface area contributed by atoms with Gasteiger partial charge in [0, 0.05) is 11.1 Å². The summed E-state index contributed by atoms with van der Waals surface area (Å²) in [7, 11) is 0. The van der Waals surface area contributed by atoms with Crippen molar-refractivity contribution in [3.05, 3.63) is 64.7 Å². The van der Waals surface area contributed by atoms with Gasteiger partial charge >= 0.3 is 0 Å². The lowest BCUT2D eigenvalue weighted by molar-refractivity contribution is -0.117. The van der Waals surface area contributed by atoms with Crippen LogP contribution in [0.25, 0.3) is 6.08 Å². The van der Waals surface area contributed by atoms with Crippen LogP contribution >= 0.6 is 0 Å². The number of nitrogens with zero attached hydrogens (tertiary/aromatic N) is 1. The molecule has 1 aliphatic rings. The molecule has 1 saturated heterocycles. The summed E-state index contributed by atoms with van der Waals surface area (Å²) < 4.78 is 0. The van der Waals surface area contributed by atoms with Crippen LogP contribution in [0.4, 0.5) is 5.69 Å². The van der Waals surface area contributed by atoms with E-state index in [0.29, 0.717) is 11.3 Å². The second-order valence-electron chi connectivity index (χ2n) is 9.44. The third kappa shape index (κ3) is 4.04. The number of phenolic OH excluding ortho intramolecular Hbond substituents is 1. The highest BCUT2D eigenvalue weighted by Gasteiger charge is 2.35. The van der Waals surface area contributed by atoms with E-state index in [-0.39, 0.29) is 22.2 Å². The summed E-state index contributed by atoms with van der Waals surface area (Å²) in [6, 6.07) is 12.7. The van der Waals surface area contributed by atoms with Crippen molar-refractivity contribution in [2.24, 2.45) is 0 Å². The van der Waals surface area contributed by atoms with Gasteiger partial charge in [-0.15, -0.1) is 0 Å². The largest absolute Gasteiger partial charge is 0.507 e. The van der Waals surface area contributed by atoms with Crippen LogP contribution < -0.4 is 10.4 Å². The maximum Gasteiger partial charge on any atom is 0.282 e. The van der Waals surface area contributed by atoms with Crippen molar-refractivity contribution < 1.29 is 14.7 Å². The van der Waals surface area contributed by atoms with E-state index in [1.54, 1.807) is 18.2 Å². The SMILES string of the molecule is CC(C)(C)c1cc(/C=C2/C(=O)NN(c3ccccc3)C2=O)cc(C(C)(C)C)c1O. The Kier molecular flexibility index (Phi) is 5.03. The molecule has 0 unspecified atom stereocenters. The van der Waals surface area contributed by atoms with Gasteiger partial charge in [-0.25, -0.2) is 5.01 Å². The minimum Gasteiger partial charge on any atom is -0.507 e. The number of phenols is 1. The van der Waals surface area contributed by atoms with Gasteiger partial charge in [-0.05, 0) is 46.7 Å². The fourth-order valence-electron chi connectivity index (χ4n) is 3.37. The highest BCUT2D eigenvalue weighted by molar-refractivity contribution is 6.31. The standard InChI is InChI=1S/C24H28N2O3/c1-23(2,3)18-13-15(14-19(20(18)27)24(4,5)6)12-17-21(28)25-26(22(17)29)16-10-8-7-9-11-16/h7-14,27H,1-6H3,(H,25,28)/b17-12-. The van der Waals surface area contributed by atoms with Gasteiger partial charge in [0.25, 0.3) is 11.8 Å².